The van der Waals surface area contributed by atoms with Gasteiger partial charge >= 0.3 is 0 Å². The Morgan fingerprint density at radius 1 is 1.50 bits per heavy atom. The fraction of sp³-hybridized carbons (Fsp3) is 0.500. The Kier molecular flexibility index (Phi) is 3.69. The first-order valence-electron chi connectivity index (χ1n) is 6.23. The van der Waals surface area contributed by atoms with E-state index in [0.29, 0.717) is 6.54 Å². The van der Waals surface area contributed by atoms with Gasteiger partial charge in [0.1, 0.15) is 0 Å². The van der Waals surface area contributed by atoms with E-state index >= 15 is 0 Å². The minimum atomic E-state index is 0.0487. The molecule has 0 fully saturated rings. The van der Waals surface area contributed by atoms with Gasteiger partial charge in [0.05, 0.1) is 0 Å². The van der Waals surface area contributed by atoms with Crippen LogP contribution >= 0.6 is 11.8 Å². The molecule has 0 radical (unpaired) electrons. The van der Waals surface area contributed by atoms with Crippen molar-refractivity contribution in [3.05, 3.63) is 23.8 Å². The van der Waals surface area contributed by atoms with Crippen molar-refractivity contribution in [1.29, 1.82) is 0 Å². The van der Waals surface area contributed by atoms with Crippen LogP contribution in [0.1, 0.15) is 26.3 Å². The van der Waals surface area contributed by atoms with Crippen LogP contribution in [-0.2, 0) is 11.2 Å². The number of anilines is 1. The Labute approximate surface area is 113 Å². The quantitative estimate of drug-likeness (QED) is 0.853. The Bertz CT molecular complexity index is 471. The number of fused-ring (bicyclic) bond motifs is 1. The zero-order valence-corrected chi connectivity index (χ0v) is 12.0. The second kappa shape index (κ2) is 4.94. The topological polar surface area (TPSA) is 46.3 Å². The van der Waals surface area contributed by atoms with Crippen LogP contribution in [0.15, 0.2) is 23.1 Å². The van der Waals surface area contributed by atoms with E-state index < -0.39 is 0 Å². The Morgan fingerprint density at radius 3 is 2.83 bits per heavy atom. The van der Waals surface area contributed by atoms with Crippen LogP contribution in [0.4, 0.5) is 5.69 Å². The van der Waals surface area contributed by atoms with Crippen LogP contribution in [-0.4, -0.2) is 23.7 Å². The molecule has 3 nitrogen and oxygen atoms in total. The molecule has 1 aliphatic rings. The van der Waals surface area contributed by atoms with Gasteiger partial charge in [-0.3, -0.25) is 4.79 Å². The molecule has 0 spiro atoms. The van der Waals surface area contributed by atoms with Gasteiger partial charge in [-0.2, -0.15) is 0 Å². The van der Waals surface area contributed by atoms with Gasteiger partial charge in [-0.1, -0.05) is 0 Å². The maximum Gasteiger partial charge on any atom is 0.223 e. The molecule has 4 heteroatoms. The van der Waals surface area contributed by atoms with Crippen molar-refractivity contribution in [1.82, 2.24) is 0 Å². The molecule has 1 aliphatic heterocycles. The lowest BCUT2D eigenvalue weighted by molar-refractivity contribution is -0.116. The lowest BCUT2D eigenvalue weighted by Gasteiger charge is -2.22. The van der Waals surface area contributed by atoms with Crippen molar-refractivity contribution in [2.45, 2.75) is 36.8 Å². The molecule has 1 amide bonds. The molecule has 2 rings (SSSR count). The lowest BCUT2D eigenvalue weighted by Crippen LogP contribution is -2.26. The number of nitrogens with two attached hydrogens (primary N) is 1. The molecule has 1 aromatic carbocycles. The normalized spacial score (nSPS) is 14.8. The summed E-state index contributed by atoms with van der Waals surface area (Å²) in [7, 11) is 0. The number of amides is 1. The summed E-state index contributed by atoms with van der Waals surface area (Å²) in [5, 5.41) is 0. The molecule has 18 heavy (non-hydrogen) atoms. The summed E-state index contributed by atoms with van der Waals surface area (Å²) in [4.78, 5) is 14.5. The average molecular weight is 264 g/mol. The van der Waals surface area contributed by atoms with E-state index in [0.717, 1.165) is 18.7 Å². The van der Waals surface area contributed by atoms with Gasteiger partial charge in [0.25, 0.3) is 0 Å². The number of carbonyl (C=O) groups excluding carboxylic acids is 1. The van der Waals surface area contributed by atoms with Crippen LogP contribution in [0, 0.1) is 0 Å². The van der Waals surface area contributed by atoms with E-state index in [1.165, 1.54) is 10.5 Å². The van der Waals surface area contributed by atoms with E-state index in [1.807, 2.05) is 4.90 Å². The average Bonchev–Trinajstić information content (AvgIpc) is 2.71. The summed E-state index contributed by atoms with van der Waals surface area (Å²) in [5.41, 5.74) is 8.09. The van der Waals surface area contributed by atoms with Crippen molar-refractivity contribution in [3.63, 3.8) is 0 Å². The Morgan fingerprint density at radius 2 is 2.22 bits per heavy atom. The zero-order valence-electron chi connectivity index (χ0n) is 11.2. The van der Waals surface area contributed by atoms with Crippen molar-refractivity contribution >= 4 is 23.4 Å². The zero-order chi connectivity index (χ0) is 13.3. The van der Waals surface area contributed by atoms with Crippen molar-refractivity contribution in [3.8, 4) is 0 Å². The highest BCUT2D eigenvalue weighted by atomic mass is 32.2. The van der Waals surface area contributed by atoms with E-state index in [2.05, 4.69) is 32.0 Å². The summed E-state index contributed by atoms with van der Waals surface area (Å²) >= 11 is 1.79. The molecule has 98 valence electrons. The first-order valence-corrected chi connectivity index (χ1v) is 7.05. The third-order valence-electron chi connectivity index (χ3n) is 3.21. The third-order valence-corrected chi connectivity index (χ3v) is 4.42. The largest absolute Gasteiger partial charge is 0.329 e. The SMILES string of the molecule is CC(=O)N1CCc2cc(SC(C)(C)CN)ccc21. The van der Waals surface area contributed by atoms with E-state index in [1.54, 1.807) is 18.7 Å². The number of thioether (sulfide) groups is 1. The maximum absolute atomic E-state index is 11.5. The van der Waals surface area contributed by atoms with Crippen molar-refractivity contribution in [2.75, 3.05) is 18.0 Å². The molecule has 1 heterocycles. The van der Waals surface area contributed by atoms with Crippen molar-refractivity contribution < 1.29 is 4.79 Å². The number of rotatable bonds is 3. The summed E-state index contributed by atoms with van der Waals surface area (Å²) in [6, 6.07) is 6.33. The Balaban J connectivity index is 2.22. The molecule has 2 N–H and O–H groups in total. The second-order valence-electron chi connectivity index (χ2n) is 5.28. The molecule has 0 bridgehead atoms. The third kappa shape index (κ3) is 2.70. The fourth-order valence-electron chi connectivity index (χ4n) is 2.13. The minimum absolute atomic E-state index is 0.0487. The highest BCUT2D eigenvalue weighted by Crippen LogP contribution is 2.36. The van der Waals surface area contributed by atoms with E-state index in [4.69, 9.17) is 5.73 Å². The standard InChI is InChI=1S/C14H20N2OS/c1-10(17)16-7-6-11-8-12(4-5-13(11)16)18-14(2,3)9-15/h4-5,8H,6-7,9,15H2,1-3H3. The van der Waals surface area contributed by atoms with Gasteiger partial charge in [0.15, 0.2) is 0 Å². The highest BCUT2D eigenvalue weighted by molar-refractivity contribution is 8.00. The van der Waals surface area contributed by atoms with E-state index in [-0.39, 0.29) is 10.7 Å². The molecule has 0 aliphatic carbocycles. The lowest BCUT2D eigenvalue weighted by atomic mass is 10.2. The van der Waals surface area contributed by atoms with Gasteiger partial charge in [0, 0.05) is 35.3 Å². The number of carbonyl (C=O) groups is 1. The second-order valence-corrected chi connectivity index (χ2v) is 7.06. The number of hydrogen-bond acceptors (Lipinski definition) is 3. The van der Waals surface area contributed by atoms with Crippen LogP contribution in [0.3, 0.4) is 0 Å². The van der Waals surface area contributed by atoms with Gasteiger partial charge in [-0.15, -0.1) is 11.8 Å². The molecular weight excluding hydrogens is 244 g/mol. The van der Waals surface area contributed by atoms with Gasteiger partial charge in [-0.25, -0.2) is 0 Å². The Hall–Kier alpha value is -1.00. The molecule has 0 unspecified atom stereocenters. The summed E-state index contributed by atoms with van der Waals surface area (Å²) in [5.74, 6) is 0.122. The molecule has 0 atom stereocenters. The summed E-state index contributed by atoms with van der Waals surface area (Å²) in [6.45, 7) is 7.36. The monoisotopic (exact) mass is 264 g/mol. The number of hydrogen-bond donors (Lipinski definition) is 1. The molecule has 0 saturated carbocycles. The van der Waals surface area contributed by atoms with Gasteiger partial charge in [-0.05, 0) is 44.0 Å². The number of nitrogens with zero attached hydrogens (tertiary/aromatic N) is 1. The maximum atomic E-state index is 11.5. The molecular formula is C14H20N2OS. The van der Waals surface area contributed by atoms with Crippen LogP contribution < -0.4 is 10.6 Å². The van der Waals surface area contributed by atoms with Crippen LogP contribution in [0.5, 0.6) is 0 Å². The predicted molar refractivity (Wildman–Crippen MR) is 77.2 cm³/mol. The van der Waals surface area contributed by atoms with Gasteiger partial charge in [0.2, 0.25) is 5.91 Å². The first-order chi connectivity index (χ1) is 8.43. The summed E-state index contributed by atoms with van der Waals surface area (Å²) in [6.07, 6.45) is 0.951. The molecule has 1 aromatic rings. The molecule has 0 aromatic heterocycles. The first kappa shape index (κ1) is 13.4. The van der Waals surface area contributed by atoms with Crippen molar-refractivity contribution in [2.24, 2.45) is 5.73 Å². The predicted octanol–water partition coefficient (Wildman–Crippen LogP) is 2.43. The molecule has 0 saturated heterocycles. The summed E-state index contributed by atoms with van der Waals surface area (Å²) < 4.78 is 0.0487. The van der Waals surface area contributed by atoms with Gasteiger partial charge < -0.3 is 10.6 Å². The van der Waals surface area contributed by atoms with Crippen LogP contribution in [0.25, 0.3) is 0 Å². The minimum Gasteiger partial charge on any atom is -0.329 e. The highest BCUT2D eigenvalue weighted by Gasteiger charge is 2.23. The smallest absolute Gasteiger partial charge is 0.223 e. The van der Waals surface area contributed by atoms with Crippen LogP contribution in [0.2, 0.25) is 0 Å². The van der Waals surface area contributed by atoms with E-state index in [9.17, 15) is 4.79 Å². The fourth-order valence-corrected chi connectivity index (χ4v) is 3.19. The number of benzene rings is 1.